The van der Waals surface area contributed by atoms with E-state index in [1.165, 1.54) is 0 Å². The molecule has 0 aliphatic rings. The maximum Gasteiger partial charge on any atom is 0.227 e. The van der Waals surface area contributed by atoms with Crippen LogP contribution in [0.25, 0.3) is 0 Å². The standard InChI is InChI=1S/C10H22NO2S/c1-3-5-7-8-10-14(12,13)11-9-6-4-2/h3-10H2,1-2H3. The molecule has 0 saturated carbocycles. The zero-order valence-electron chi connectivity index (χ0n) is 9.33. The predicted molar refractivity (Wildman–Crippen MR) is 59.8 cm³/mol. The van der Waals surface area contributed by atoms with E-state index in [1.807, 2.05) is 6.92 Å². The first-order chi connectivity index (χ1) is 6.62. The Hall–Kier alpha value is -0.0900. The maximum atomic E-state index is 11.3. The predicted octanol–water partition coefficient (Wildman–Crippen LogP) is 2.30. The molecular weight excluding hydrogens is 198 g/mol. The van der Waals surface area contributed by atoms with Crippen molar-refractivity contribution < 1.29 is 8.42 Å². The number of hydrogen-bond donors (Lipinski definition) is 0. The molecule has 0 N–H and O–H groups in total. The van der Waals surface area contributed by atoms with Gasteiger partial charge in [0.25, 0.3) is 0 Å². The van der Waals surface area contributed by atoms with Gasteiger partial charge in [-0.2, -0.15) is 0 Å². The maximum absolute atomic E-state index is 11.3. The van der Waals surface area contributed by atoms with E-state index in [4.69, 9.17) is 0 Å². The van der Waals surface area contributed by atoms with Crippen molar-refractivity contribution in [2.75, 3.05) is 12.3 Å². The van der Waals surface area contributed by atoms with Gasteiger partial charge in [0.05, 0.1) is 5.75 Å². The molecule has 0 atom stereocenters. The number of nitrogens with zero attached hydrogens (tertiary/aromatic N) is 1. The third kappa shape index (κ3) is 8.51. The van der Waals surface area contributed by atoms with E-state index in [0.717, 1.165) is 38.5 Å². The second-order valence-corrected chi connectivity index (χ2v) is 5.38. The normalized spacial score (nSPS) is 11.9. The quantitative estimate of drug-likeness (QED) is 0.560. The summed E-state index contributed by atoms with van der Waals surface area (Å²) in [5, 5.41) is 0. The number of hydrogen-bond acceptors (Lipinski definition) is 2. The van der Waals surface area contributed by atoms with E-state index in [1.54, 1.807) is 0 Å². The van der Waals surface area contributed by atoms with Crippen LogP contribution in [0.1, 0.15) is 52.4 Å². The Kier molecular flexibility index (Phi) is 8.18. The van der Waals surface area contributed by atoms with Gasteiger partial charge in [-0.15, -0.1) is 4.72 Å². The van der Waals surface area contributed by atoms with Crippen LogP contribution in [0.3, 0.4) is 0 Å². The molecule has 0 saturated heterocycles. The Morgan fingerprint density at radius 3 is 2.14 bits per heavy atom. The van der Waals surface area contributed by atoms with Gasteiger partial charge in [0.2, 0.25) is 10.0 Å². The zero-order valence-corrected chi connectivity index (χ0v) is 10.1. The number of unbranched alkanes of at least 4 members (excludes halogenated alkanes) is 4. The lowest BCUT2D eigenvalue weighted by Crippen LogP contribution is -2.20. The molecule has 0 rings (SSSR count). The van der Waals surface area contributed by atoms with Crippen LogP contribution < -0.4 is 4.72 Å². The smallest absolute Gasteiger partial charge is 0.211 e. The summed E-state index contributed by atoms with van der Waals surface area (Å²) < 4.78 is 26.3. The molecule has 4 heteroatoms. The molecule has 0 heterocycles. The van der Waals surface area contributed by atoms with Gasteiger partial charge in [-0.1, -0.05) is 39.5 Å². The summed E-state index contributed by atoms with van der Waals surface area (Å²) in [6.45, 7) is 4.61. The monoisotopic (exact) mass is 220 g/mol. The summed E-state index contributed by atoms with van der Waals surface area (Å²) in [6.07, 6.45) is 5.87. The molecule has 0 spiro atoms. The summed E-state index contributed by atoms with van der Waals surface area (Å²) >= 11 is 0. The molecule has 0 aromatic heterocycles. The summed E-state index contributed by atoms with van der Waals surface area (Å²) in [5.74, 6) is 0.233. The van der Waals surface area contributed by atoms with E-state index in [9.17, 15) is 8.42 Å². The van der Waals surface area contributed by atoms with Crippen molar-refractivity contribution in [1.29, 1.82) is 0 Å². The molecule has 0 unspecified atom stereocenters. The Bertz CT molecular complexity index is 212. The van der Waals surface area contributed by atoms with E-state index >= 15 is 0 Å². The lowest BCUT2D eigenvalue weighted by molar-refractivity contribution is 0.570. The molecule has 85 valence electrons. The Morgan fingerprint density at radius 2 is 1.57 bits per heavy atom. The Morgan fingerprint density at radius 1 is 0.929 bits per heavy atom. The molecule has 1 radical (unpaired) electrons. The fraction of sp³-hybridized carbons (Fsp3) is 1.00. The van der Waals surface area contributed by atoms with Gasteiger partial charge in [0, 0.05) is 6.54 Å². The first-order valence-electron chi connectivity index (χ1n) is 5.54. The van der Waals surface area contributed by atoms with Crippen LogP contribution in [0.15, 0.2) is 0 Å². The molecule has 0 aromatic carbocycles. The van der Waals surface area contributed by atoms with Gasteiger partial charge in [0.15, 0.2) is 0 Å². The molecule has 0 aromatic rings. The second-order valence-electron chi connectivity index (χ2n) is 3.55. The van der Waals surface area contributed by atoms with Crippen molar-refractivity contribution in [2.45, 2.75) is 52.4 Å². The first-order valence-corrected chi connectivity index (χ1v) is 7.14. The Balaban J connectivity index is 3.52. The molecule has 0 amide bonds. The van der Waals surface area contributed by atoms with Crippen LogP contribution in [0.4, 0.5) is 0 Å². The van der Waals surface area contributed by atoms with Gasteiger partial charge in [-0.3, -0.25) is 0 Å². The van der Waals surface area contributed by atoms with Crippen LogP contribution in [0.2, 0.25) is 0 Å². The van der Waals surface area contributed by atoms with Crippen molar-refractivity contribution in [2.24, 2.45) is 0 Å². The summed E-state index contributed by atoms with van der Waals surface area (Å²) in [5.41, 5.74) is 0. The fourth-order valence-corrected chi connectivity index (χ4v) is 2.24. The van der Waals surface area contributed by atoms with Crippen LogP contribution in [0.5, 0.6) is 0 Å². The minimum atomic E-state index is -3.11. The minimum absolute atomic E-state index is 0.233. The van der Waals surface area contributed by atoms with Gasteiger partial charge in [0.1, 0.15) is 0 Å². The fourth-order valence-electron chi connectivity index (χ4n) is 1.14. The zero-order chi connectivity index (χ0) is 10.9. The van der Waals surface area contributed by atoms with Crippen molar-refractivity contribution >= 4 is 10.0 Å². The van der Waals surface area contributed by atoms with Crippen molar-refractivity contribution in [3.63, 3.8) is 0 Å². The molecular formula is C10H22NO2S. The van der Waals surface area contributed by atoms with E-state index < -0.39 is 10.0 Å². The summed E-state index contributed by atoms with van der Waals surface area (Å²) in [6, 6.07) is 0. The number of rotatable bonds is 9. The molecule has 0 aliphatic carbocycles. The highest BCUT2D eigenvalue weighted by atomic mass is 32.2. The summed E-state index contributed by atoms with van der Waals surface area (Å²) in [7, 11) is -3.11. The third-order valence-corrected chi connectivity index (χ3v) is 3.44. The highest BCUT2D eigenvalue weighted by Crippen LogP contribution is 2.02. The summed E-state index contributed by atoms with van der Waals surface area (Å²) in [4.78, 5) is 0. The van der Waals surface area contributed by atoms with E-state index in [2.05, 4.69) is 11.6 Å². The number of sulfonamides is 1. The Labute approximate surface area is 88.3 Å². The van der Waals surface area contributed by atoms with Crippen molar-refractivity contribution in [3.05, 3.63) is 0 Å². The average molecular weight is 220 g/mol. The van der Waals surface area contributed by atoms with Crippen LogP contribution in [-0.2, 0) is 10.0 Å². The van der Waals surface area contributed by atoms with Gasteiger partial charge < -0.3 is 0 Å². The second kappa shape index (κ2) is 8.24. The lowest BCUT2D eigenvalue weighted by Gasteiger charge is -2.02. The topological polar surface area (TPSA) is 48.2 Å². The lowest BCUT2D eigenvalue weighted by atomic mass is 10.2. The van der Waals surface area contributed by atoms with Crippen molar-refractivity contribution in [3.8, 4) is 0 Å². The van der Waals surface area contributed by atoms with E-state index in [-0.39, 0.29) is 5.75 Å². The minimum Gasteiger partial charge on any atom is -0.211 e. The highest BCUT2D eigenvalue weighted by molar-refractivity contribution is 7.89. The molecule has 0 bridgehead atoms. The first kappa shape index (κ1) is 13.9. The van der Waals surface area contributed by atoms with Crippen LogP contribution in [0, 0.1) is 0 Å². The SMILES string of the molecule is CCCCCCS(=O)(=O)[N]CCCC. The van der Waals surface area contributed by atoms with Gasteiger partial charge >= 0.3 is 0 Å². The highest BCUT2D eigenvalue weighted by Gasteiger charge is 2.09. The van der Waals surface area contributed by atoms with Crippen molar-refractivity contribution in [1.82, 2.24) is 4.72 Å². The van der Waals surface area contributed by atoms with Crippen LogP contribution >= 0.6 is 0 Å². The largest absolute Gasteiger partial charge is 0.227 e. The molecule has 3 nitrogen and oxygen atoms in total. The van der Waals surface area contributed by atoms with Gasteiger partial charge in [-0.25, -0.2) is 8.42 Å². The third-order valence-electron chi connectivity index (χ3n) is 2.06. The average Bonchev–Trinajstić information content (AvgIpc) is 2.13. The van der Waals surface area contributed by atoms with Crippen LogP contribution in [-0.4, -0.2) is 20.7 Å². The molecule has 14 heavy (non-hydrogen) atoms. The van der Waals surface area contributed by atoms with E-state index in [0.29, 0.717) is 6.54 Å². The molecule has 0 fully saturated rings. The van der Waals surface area contributed by atoms with Gasteiger partial charge in [-0.05, 0) is 12.8 Å². The molecule has 0 aliphatic heterocycles.